The molecule has 236 valence electrons. The Morgan fingerprint density at radius 1 is 0.932 bits per heavy atom. The molecule has 0 bridgehead atoms. The van der Waals surface area contributed by atoms with Crippen molar-refractivity contribution in [2.75, 3.05) is 24.2 Å². The van der Waals surface area contributed by atoms with E-state index in [4.69, 9.17) is 4.74 Å². The maximum atomic E-state index is 14.1. The van der Waals surface area contributed by atoms with Gasteiger partial charge >= 0.3 is 0 Å². The molecule has 0 aromatic heterocycles. The second kappa shape index (κ2) is 15.7. The van der Waals surface area contributed by atoms with Crippen molar-refractivity contribution in [2.24, 2.45) is 0 Å². The topological polar surface area (TPSA) is 96.0 Å². The lowest BCUT2D eigenvalue weighted by atomic mass is 10.0. The summed E-state index contributed by atoms with van der Waals surface area (Å²) in [6, 6.07) is 24.1. The van der Waals surface area contributed by atoms with Gasteiger partial charge in [-0.2, -0.15) is 0 Å². The summed E-state index contributed by atoms with van der Waals surface area (Å²) in [5, 5.41) is 3.22. The summed E-state index contributed by atoms with van der Waals surface area (Å²) < 4.78 is 32.2. The highest BCUT2D eigenvalue weighted by Crippen LogP contribution is 2.23. The number of rotatable bonds is 15. The van der Waals surface area contributed by atoms with E-state index in [9.17, 15) is 18.0 Å². The number of benzene rings is 3. The second-order valence-corrected chi connectivity index (χ2v) is 13.4. The molecule has 2 amide bonds. The van der Waals surface area contributed by atoms with Gasteiger partial charge in [0, 0.05) is 32.0 Å². The number of ether oxygens (including phenoxy) is 1. The van der Waals surface area contributed by atoms with E-state index in [-0.39, 0.29) is 37.4 Å². The van der Waals surface area contributed by atoms with Crippen LogP contribution in [0.25, 0.3) is 0 Å². The van der Waals surface area contributed by atoms with E-state index in [1.54, 1.807) is 24.1 Å². The molecule has 4 rings (SSSR count). The van der Waals surface area contributed by atoms with E-state index >= 15 is 0 Å². The van der Waals surface area contributed by atoms with Gasteiger partial charge in [0.15, 0.2) is 0 Å². The zero-order valence-corrected chi connectivity index (χ0v) is 26.9. The van der Waals surface area contributed by atoms with E-state index in [0.717, 1.165) is 48.8 Å². The summed E-state index contributed by atoms with van der Waals surface area (Å²) in [4.78, 5) is 29.6. The van der Waals surface area contributed by atoms with E-state index in [0.29, 0.717) is 24.3 Å². The smallest absolute Gasteiger partial charge is 0.243 e. The molecule has 0 aliphatic heterocycles. The first-order chi connectivity index (χ1) is 21.2. The quantitative estimate of drug-likeness (QED) is 0.242. The number of nitrogens with zero attached hydrogens (tertiary/aromatic N) is 2. The molecule has 0 unspecified atom stereocenters. The largest absolute Gasteiger partial charge is 0.497 e. The van der Waals surface area contributed by atoms with Crippen LogP contribution in [-0.4, -0.2) is 57.1 Å². The molecule has 9 heteroatoms. The molecule has 3 aromatic rings. The van der Waals surface area contributed by atoms with Crippen LogP contribution in [0.15, 0.2) is 78.9 Å². The lowest BCUT2D eigenvalue weighted by Gasteiger charge is -2.33. The van der Waals surface area contributed by atoms with E-state index in [1.807, 2.05) is 73.7 Å². The first-order valence-electron chi connectivity index (χ1n) is 15.5. The predicted octanol–water partition coefficient (Wildman–Crippen LogP) is 5.50. The highest BCUT2D eigenvalue weighted by Gasteiger charge is 2.32. The number of carbonyl (C=O) groups is 2. The number of carbonyl (C=O) groups excluding carboxylic acids is 2. The Hall–Kier alpha value is -3.85. The number of hydrogen-bond donors (Lipinski definition) is 1. The van der Waals surface area contributed by atoms with Crippen LogP contribution >= 0.6 is 0 Å². The van der Waals surface area contributed by atoms with Crippen molar-refractivity contribution in [3.8, 4) is 5.75 Å². The summed E-state index contributed by atoms with van der Waals surface area (Å²) in [6.07, 6.45) is 6.84. The van der Waals surface area contributed by atoms with Gasteiger partial charge in [0.25, 0.3) is 0 Å². The fraction of sp³-hybridized carbons (Fsp3) is 0.429. The van der Waals surface area contributed by atoms with Gasteiger partial charge in [-0.05, 0) is 66.6 Å². The average molecular weight is 620 g/mol. The van der Waals surface area contributed by atoms with Crippen molar-refractivity contribution < 1.29 is 22.7 Å². The Balaban J connectivity index is 1.59. The molecule has 1 N–H and O–H groups in total. The minimum absolute atomic E-state index is 0.0883. The molecule has 1 saturated carbocycles. The third kappa shape index (κ3) is 9.32. The van der Waals surface area contributed by atoms with Crippen LogP contribution in [0.1, 0.15) is 62.1 Å². The summed E-state index contributed by atoms with van der Waals surface area (Å²) in [5.74, 6) is 0.304. The molecule has 1 fully saturated rings. The van der Waals surface area contributed by atoms with Crippen LogP contribution in [0.5, 0.6) is 5.75 Å². The number of aryl methyl sites for hydroxylation is 1. The zero-order valence-electron chi connectivity index (χ0n) is 26.1. The fourth-order valence-electron chi connectivity index (χ4n) is 5.79. The van der Waals surface area contributed by atoms with Crippen molar-refractivity contribution in [1.82, 2.24) is 10.2 Å². The van der Waals surface area contributed by atoms with Gasteiger partial charge in [-0.25, -0.2) is 8.42 Å². The summed E-state index contributed by atoms with van der Waals surface area (Å²) in [6.45, 7) is 2.42. The average Bonchev–Trinajstić information content (AvgIpc) is 3.54. The van der Waals surface area contributed by atoms with Gasteiger partial charge in [0.2, 0.25) is 21.8 Å². The van der Waals surface area contributed by atoms with Crippen molar-refractivity contribution in [3.63, 3.8) is 0 Å². The standard InChI is InChI=1S/C35H45N3O5S/c1-4-27-19-21-31(22-20-27)38(44(3,41)42)23-11-18-34(39)37(26-29-14-10-17-32(24-29)43-2)33(25-28-12-6-5-7-13-28)35(40)36-30-15-8-9-16-30/h5-7,10,12-14,17,19-22,24,30,33H,4,8-9,11,15-16,18,23,25-26H2,1-3H3,(H,36,40)/t33-/m0/s1. The van der Waals surface area contributed by atoms with Crippen LogP contribution in [0.4, 0.5) is 5.69 Å². The van der Waals surface area contributed by atoms with Crippen LogP contribution in [0.3, 0.4) is 0 Å². The van der Waals surface area contributed by atoms with Crippen molar-refractivity contribution in [2.45, 2.75) is 76.9 Å². The number of methoxy groups -OCH3 is 1. The highest BCUT2D eigenvalue weighted by molar-refractivity contribution is 7.92. The maximum Gasteiger partial charge on any atom is 0.243 e. The van der Waals surface area contributed by atoms with Crippen LogP contribution in [0, 0.1) is 0 Å². The molecule has 1 aliphatic rings. The van der Waals surface area contributed by atoms with Gasteiger partial charge in [-0.3, -0.25) is 13.9 Å². The molecule has 3 aromatic carbocycles. The second-order valence-electron chi connectivity index (χ2n) is 11.5. The summed E-state index contributed by atoms with van der Waals surface area (Å²) >= 11 is 0. The molecule has 0 saturated heterocycles. The van der Waals surface area contributed by atoms with Crippen LogP contribution in [-0.2, 0) is 39.0 Å². The van der Waals surface area contributed by atoms with Gasteiger partial charge in [0.05, 0.1) is 19.1 Å². The summed E-state index contributed by atoms with van der Waals surface area (Å²) in [7, 11) is -1.97. The first-order valence-corrected chi connectivity index (χ1v) is 17.4. The SMILES string of the molecule is CCc1ccc(N(CCCC(=O)N(Cc2cccc(OC)c2)[C@@H](Cc2ccccc2)C(=O)NC2CCCC2)S(C)(=O)=O)cc1. The summed E-state index contributed by atoms with van der Waals surface area (Å²) in [5.41, 5.74) is 3.49. The Kier molecular flexibility index (Phi) is 11.8. The Morgan fingerprint density at radius 2 is 1.61 bits per heavy atom. The molecule has 0 radical (unpaired) electrons. The minimum atomic E-state index is -3.57. The van der Waals surface area contributed by atoms with Crippen molar-refractivity contribution >= 4 is 27.5 Å². The van der Waals surface area contributed by atoms with E-state index < -0.39 is 16.1 Å². The maximum absolute atomic E-state index is 14.1. The lowest BCUT2D eigenvalue weighted by molar-refractivity contribution is -0.141. The molecule has 0 heterocycles. The number of nitrogens with one attached hydrogen (secondary N) is 1. The molecule has 44 heavy (non-hydrogen) atoms. The monoisotopic (exact) mass is 619 g/mol. The number of amides is 2. The Morgan fingerprint density at radius 3 is 2.25 bits per heavy atom. The molecule has 8 nitrogen and oxygen atoms in total. The van der Waals surface area contributed by atoms with Crippen molar-refractivity contribution in [1.29, 1.82) is 0 Å². The number of sulfonamides is 1. The fourth-order valence-corrected chi connectivity index (χ4v) is 6.76. The third-order valence-corrected chi connectivity index (χ3v) is 9.44. The zero-order chi connectivity index (χ0) is 31.5. The van der Waals surface area contributed by atoms with Gasteiger partial charge in [-0.1, -0.05) is 74.4 Å². The van der Waals surface area contributed by atoms with Gasteiger partial charge in [0.1, 0.15) is 11.8 Å². The van der Waals surface area contributed by atoms with Gasteiger partial charge in [-0.15, -0.1) is 0 Å². The van der Waals surface area contributed by atoms with Gasteiger partial charge < -0.3 is 15.0 Å². The van der Waals surface area contributed by atoms with Crippen molar-refractivity contribution in [3.05, 3.63) is 95.6 Å². The van der Waals surface area contributed by atoms with E-state index in [2.05, 4.69) is 5.32 Å². The number of anilines is 1. The first kappa shape index (κ1) is 33.1. The Labute approximate surface area is 262 Å². The molecular formula is C35H45N3O5S. The Bertz CT molecular complexity index is 1470. The predicted molar refractivity (Wildman–Crippen MR) is 175 cm³/mol. The molecular weight excluding hydrogens is 574 g/mol. The number of hydrogen-bond acceptors (Lipinski definition) is 5. The third-order valence-electron chi connectivity index (χ3n) is 8.24. The minimum Gasteiger partial charge on any atom is -0.497 e. The van der Waals surface area contributed by atoms with Crippen LogP contribution in [0.2, 0.25) is 0 Å². The highest BCUT2D eigenvalue weighted by atomic mass is 32.2. The molecule has 0 spiro atoms. The van der Waals surface area contributed by atoms with Crippen LogP contribution < -0.4 is 14.4 Å². The normalized spacial score (nSPS) is 14.2. The molecule has 1 atom stereocenters. The lowest BCUT2D eigenvalue weighted by Crippen LogP contribution is -2.52. The van der Waals surface area contributed by atoms with E-state index in [1.165, 1.54) is 10.6 Å². The molecule has 1 aliphatic carbocycles.